The molecular weight excluding hydrogens is 266 g/mol. The van der Waals surface area contributed by atoms with Crippen LogP contribution in [0.5, 0.6) is 11.5 Å². The van der Waals surface area contributed by atoms with Gasteiger partial charge in [-0.25, -0.2) is 0 Å². The van der Waals surface area contributed by atoms with Gasteiger partial charge in [-0.15, -0.1) is 0 Å². The number of nitrogens with zero attached hydrogens (tertiary/aromatic N) is 1. The van der Waals surface area contributed by atoms with E-state index in [1.807, 2.05) is 24.4 Å². The van der Waals surface area contributed by atoms with E-state index in [1.165, 1.54) is 5.56 Å². The van der Waals surface area contributed by atoms with Gasteiger partial charge in [0.2, 0.25) is 0 Å². The van der Waals surface area contributed by atoms with Gasteiger partial charge in [0.25, 0.3) is 0 Å². The molecule has 0 N–H and O–H groups in total. The minimum atomic E-state index is -0.275. The lowest BCUT2D eigenvalue weighted by molar-refractivity contribution is -0.0165. The predicted octanol–water partition coefficient (Wildman–Crippen LogP) is 2.95. The molecule has 21 heavy (non-hydrogen) atoms. The van der Waals surface area contributed by atoms with Gasteiger partial charge in [-0.2, -0.15) is 0 Å². The van der Waals surface area contributed by atoms with Crippen LogP contribution in [0.3, 0.4) is 0 Å². The standard InChI is InChI=1S/C17H13NO3/c1-2-4-14-12(3-1)17(8-18-14)9-20-16-5-11-7-19-10-21-15(11)6-13(16)17/h1-6,8H,7,9-10H2. The number of para-hydroxylation sites is 1. The van der Waals surface area contributed by atoms with Crippen molar-refractivity contribution in [3.63, 3.8) is 0 Å². The lowest BCUT2D eigenvalue weighted by atomic mass is 9.78. The van der Waals surface area contributed by atoms with Gasteiger partial charge in [-0.05, 0) is 23.8 Å². The molecule has 1 spiro atoms. The summed E-state index contributed by atoms with van der Waals surface area (Å²) in [5.41, 5.74) is 4.13. The first-order valence-electron chi connectivity index (χ1n) is 7.02. The zero-order valence-electron chi connectivity index (χ0n) is 11.3. The zero-order chi connectivity index (χ0) is 13.9. The average molecular weight is 279 g/mol. The Hall–Kier alpha value is -2.33. The highest BCUT2D eigenvalue weighted by Gasteiger charge is 2.45. The van der Waals surface area contributed by atoms with Gasteiger partial charge in [0.1, 0.15) is 18.1 Å². The normalized spacial score (nSPS) is 24.2. The van der Waals surface area contributed by atoms with Crippen molar-refractivity contribution < 1.29 is 14.2 Å². The molecule has 3 heterocycles. The fraction of sp³-hybridized carbons (Fsp3) is 0.235. The Morgan fingerprint density at radius 2 is 1.95 bits per heavy atom. The average Bonchev–Trinajstić information content (AvgIpc) is 3.09. The fourth-order valence-electron chi connectivity index (χ4n) is 3.39. The van der Waals surface area contributed by atoms with Crippen molar-refractivity contribution >= 4 is 11.9 Å². The Labute approximate surface area is 122 Å². The van der Waals surface area contributed by atoms with Gasteiger partial charge < -0.3 is 14.2 Å². The number of fused-ring (bicyclic) bond motifs is 5. The second kappa shape index (κ2) is 3.86. The highest BCUT2D eigenvalue weighted by atomic mass is 16.7. The van der Waals surface area contributed by atoms with E-state index >= 15 is 0 Å². The minimum Gasteiger partial charge on any atom is -0.492 e. The van der Waals surface area contributed by atoms with E-state index in [0.717, 1.165) is 28.3 Å². The SMILES string of the molecule is C1=Nc2ccccc2C12COc1cc3c(cc12)OCOC3. The first-order chi connectivity index (χ1) is 10.4. The van der Waals surface area contributed by atoms with Crippen LogP contribution in [0.4, 0.5) is 5.69 Å². The second-order valence-electron chi connectivity index (χ2n) is 5.60. The van der Waals surface area contributed by atoms with E-state index in [2.05, 4.69) is 23.2 Å². The predicted molar refractivity (Wildman–Crippen MR) is 77.6 cm³/mol. The van der Waals surface area contributed by atoms with Crippen LogP contribution in [0.1, 0.15) is 16.7 Å². The Kier molecular flexibility index (Phi) is 2.08. The summed E-state index contributed by atoms with van der Waals surface area (Å²) in [5.74, 6) is 1.80. The minimum absolute atomic E-state index is 0.275. The van der Waals surface area contributed by atoms with Crippen molar-refractivity contribution in [2.24, 2.45) is 4.99 Å². The molecule has 0 aliphatic carbocycles. The van der Waals surface area contributed by atoms with Crippen molar-refractivity contribution in [2.45, 2.75) is 12.0 Å². The van der Waals surface area contributed by atoms with Crippen molar-refractivity contribution in [1.29, 1.82) is 0 Å². The van der Waals surface area contributed by atoms with Crippen LogP contribution >= 0.6 is 0 Å². The topological polar surface area (TPSA) is 40.0 Å². The molecule has 1 unspecified atom stereocenters. The van der Waals surface area contributed by atoms with Gasteiger partial charge in [-0.1, -0.05) is 18.2 Å². The van der Waals surface area contributed by atoms with Gasteiger partial charge >= 0.3 is 0 Å². The van der Waals surface area contributed by atoms with Crippen molar-refractivity contribution in [2.75, 3.05) is 13.4 Å². The summed E-state index contributed by atoms with van der Waals surface area (Å²) in [4.78, 5) is 4.57. The monoisotopic (exact) mass is 279 g/mol. The third kappa shape index (κ3) is 1.40. The molecule has 0 fully saturated rings. The van der Waals surface area contributed by atoms with Crippen LogP contribution in [-0.4, -0.2) is 19.6 Å². The molecule has 4 heteroatoms. The van der Waals surface area contributed by atoms with Gasteiger partial charge in [-0.3, -0.25) is 4.99 Å². The zero-order valence-corrected chi connectivity index (χ0v) is 11.3. The van der Waals surface area contributed by atoms with E-state index in [1.54, 1.807) is 0 Å². The summed E-state index contributed by atoms with van der Waals surface area (Å²) in [6, 6.07) is 12.4. The number of hydrogen-bond donors (Lipinski definition) is 0. The molecular formula is C17H13NO3. The first kappa shape index (κ1) is 11.3. The molecule has 0 saturated carbocycles. The lowest BCUT2D eigenvalue weighted by Gasteiger charge is -2.23. The summed E-state index contributed by atoms with van der Waals surface area (Å²) in [7, 11) is 0. The van der Waals surface area contributed by atoms with Crippen molar-refractivity contribution in [3.05, 3.63) is 53.1 Å². The van der Waals surface area contributed by atoms with Crippen LogP contribution in [0.25, 0.3) is 0 Å². The molecule has 0 saturated heterocycles. The molecule has 0 bridgehead atoms. The van der Waals surface area contributed by atoms with Crippen LogP contribution in [0.2, 0.25) is 0 Å². The summed E-state index contributed by atoms with van der Waals surface area (Å²) in [6.07, 6.45) is 2.01. The third-order valence-electron chi connectivity index (χ3n) is 4.46. The Balaban J connectivity index is 1.73. The highest BCUT2D eigenvalue weighted by molar-refractivity contribution is 5.91. The van der Waals surface area contributed by atoms with Crippen LogP contribution in [0, 0.1) is 0 Å². The van der Waals surface area contributed by atoms with Crippen LogP contribution < -0.4 is 9.47 Å². The molecule has 4 nitrogen and oxygen atoms in total. The Morgan fingerprint density at radius 3 is 2.95 bits per heavy atom. The van der Waals surface area contributed by atoms with Crippen LogP contribution in [0.15, 0.2) is 41.4 Å². The lowest BCUT2D eigenvalue weighted by Crippen LogP contribution is -2.29. The second-order valence-corrected chi connectivity index (χ2v) is 5.60. The number of ether oxygens (including phenoxy) is 3. The fourth-order valence-corrected chi connectivity index (χ4v) is 3.39. The summed E-state index contributed by atoms with van der Waals surface area (Å²) >= 11 is 0. The molecule has 1 atom stereocenters. The molecule has 3 aliphatic heterocycles. The maximum absolute atomic E-state index is 5.96. The number of aliphatic imine (C=N–C) groups is 1. The summed E-state index contributed by atoms with van der Waals surface area (Å²) < 4.78 is 16.9. The molecule has 3 aliphatic rings. The van der Waals surface area contributed by atoms with E-state index in [9.17, 15) is 0 Å². The molecule has 104 valence electrons. The van der Waals surface area contributed by atoms with Crippen molar-refractivity contribution in [3.8, 4) is 11.5 Å². The number of hydrogen-bond acceptors (Lipinski definition) is 4. The maximum atomic E-state index is 5.96. The van der Waals surface area contributed by atoms with Crippen LogP contribution in [-0.2, 0) is 16.8 Å². The van der Waals surface area contributed by atoms with Crippen molar-refractivity contribution in [1.82, 2.24) is 0 Å². The maximum Gasteiger partial charge on any atom is 0.189 e. The largest absolute Gasteiger partial charge is 0.492 e. The third-order valence-corrected chi connectivity index (χ3v) is 4.46. The summed E-state index contributed by atoms with van der Waals surface area (Å²) in [5, 5.41) is 0. The first-order valence-corrected chi connectivity index (χ1v) is 7.02. The van der Waals surface area contributed by atoms with E-state index in [4.69, 9.17) is 14.2 Å². The number of benzene rings is 2. The summed E-state index contributed by atoms with van der Waals surface area (Å²) in [6.45, 7) is 1.47. The van der Waals surface area contributed by atoms with E-state index < -0.39 is 0 Å². The molecule has 5 rings (SSSR count). The number of rotatable bonds is 0. The molecule has 0 amide bonds. The van der Waals surface area contributed by atoms with E-state index in [-0.39, 0.29) is 5.41 Å². The van der Waals surface area contributed by atoms with E-state index in [0.29, 0.717) is 20.0 Å². The Bertz CT molecular complexity index is 784. The van der Waals surface area contributed by atoms with Gasteiger partial charge in [0.05, 0.1) is 17.7 Å². The molecule has 2 aromatic carbocycles. The quantitative estimate of drug-likeness (QED) is 0.744. The molecule has 0 aromatic heterocycles. The van der Waals surface area contributed by atoms with Gasteiger partial charge in [0, 0.05) is 17.3 Å². The Morgan fingerprint density at radius 1 is 1.00 bits per heavy atom. The highest BCUT2D eigenvalue weighted by Crippen LogP contribution is 2.50. The molecule has 0 radical (unpaired) electrons. The smallest absolute Gasteiger partial charge is 0.189 e. The van der Waals surface area contributed by atoms with Gasteiger partial charge in [0.15, 0.2) is 6.79 Å². The molecule has 2 aromatic rings.